The van der Waals surface area contributed by atoms with Crippen molar-refractivity contribution in [3.63, 3.8) is 0 Å². The quantitative estimate of drug-likeness (QED) is 0.644. The Bertz CT molecular complexity index is 977. The lowest BCUT2D eigenvalue weighted by molar-refractivity contribution is 0.0847. The Morgan fingerprint density at radius 3 is 2.58 bits per heavy atom. The van der Waals surface area contributed by atoms with Crippen LogP contribution in [0.25, 0.3) is 0 Å². The number of imidazole rings is 1. The van der Waals surface area contributed by atoms with E-state index in [2.05, 4.69) is 37.7 Å². The van der Waals surface area contributed by atoms with Crippen molar-refractivity contribution >= 4 is 23.2 Å². The number of piperazine rings is 1. The Labute approximate surface area is 201 Å². The number of carbonyl (C=O) groups excluding carboxylic acids is 1. The minimum atomic E-state index is -0.619. The number of amides is 1. The van der Waals surface area contributed by atoms with Crippen LogP contribution in [0.15, 0.2) is 18.2 Å². The topological polar surface area (TPSA) is 73.6 Å². The molecule has 180 valence electrons. The van der Waals surface area contributed by atoms with E-state index in [1.807, 2.05) is 26.0 Å². The van der Waals surface area contributed by atoms with Crippen molar-refractivity contribution in [2.24, 2.45) is 0 Å². The molecule has 1 aromatic heterocycles. The molecule has 7 nitrogen and oxygen atoms in total. The highest BCUT2D eigenvalue weighted by molar-refractivity contribution is 6.31. The van der Waals surface area contributed by atoms with E-state index in [9.17, 15) is 9.90 Å². The lowest BCUT2D eigenvalue weighted by atomic mass is 10.1. The maximum Gasteiger partial charge on any atom is 0.271 e. The Morgan fingerprint density at radius 2 is 1.88 bits per heavy atom. The van der Waals surface area contributed by atoms with Crippen LogP contribution in [0.4, 0.5) is 5.69 Å². The summed E-state index contributed by atoms with van der Waals surface area (Å²) >= 11 is 6.28. The SMILES string of the molecule is Cc1c(Cl)cccc1N1CCN(CC(O)CNC(=O)c2nc(C)n(C3CCCC3)c2C)CC1. The fraction of sp³-hybridized carbons (Fsp3) is 0.600. The molecule has 0 spiro atoms. The molecule has 2 aliphatic rings. The molecule has 2 heterocycles. The summed E-state index contributed by atoms with van der Waals surface area (Å²) in [5.74, 6) is 0.700. The molecule has 1 amide bonds. The molecule has 1 aliphatic carbocycles. The van der Waals surface area contributed by atoms with Gasteiger partial charge >= 0.3 is 0 Å². The van der Waals surface area contributed by atoms with E-state index < -0.39 is 6.10 Å². The van der Waals surface area contributed by atoms with Crippen LogP contribution in [-0.2, 0) is 0 Å². The molecule has 8 heteroatoms. The van der Waals surface area contributed by atoms with E-state index in [1.165, 1.54) is 18.5 Å². The van der Waals surface area contributed by atoms with Gasteiger partial charge in [-0.1, -0.05) is 30.5 Å². The molecule has 1 saturated carbocycles. The summed E-state index contributed by atoms with van der Waals surface area (Å²) < 4.78 is 2.22. The van der Waals surface area contributed by atoms with E-state index in [-0.39, 0.29) is 12.5 Å². The number of nitrogens with one attached hydrogen (secondary N) is 1. The number of halogens is 1. The first kappa shape index (κ1) is 24.0. The third-order valence-corrected chi connectivity index (χ3v) is 7.56. The summed E-state index contributed by atoms with van der Waals surface area (Å²) in [5, 5.41) is 14.2. The van der Waals surface area contributed by atoms with E-state index >= 15 is 0 Å². The molecule has 33 heavy (non-hydrogen) atoms. The van der Waals surface area contributed by atoms with Gasteiger partial charge in [-0.15, -0.1) is 0 Å². The number of aromatic nitrogens is 2. The molecule has 1 aliphatic heterocycles. The maximum atomic E-state index is 12.8. The predicted molar refractivity (Wildman–Crippen MR) is 132 cm³/mol. The van der Waals surface area contributed by atoms with E-state index in [1.54, 1.807) is 0 Å². The van der Waals surface area contributed by atoms with Crippen LogP contribution in [0.1, 0.15) is 59.3 Å². The van der Waals surface area contributed by atoms with E-state index in [0.29, 0.717) is 18.3 Å². The molecule has 2 aromatic rings. The second kappa shape index (κ2) is 10.5. The fourth-order valence-corrected chi connectivity index (χ4v) is 5.51. The number of benzene rings is 1. The zero-order valence-electron chi connectivity index (χ0n) is 20.0. The monoisotopic (exact) mass is 473 g/mol. The highest BCUT2D eigenvalue weighted by Gasteiger charge is 2.26. The maximum absolute atomic E-state index is 12.8. The summed E-state index contributed by atoms with van der Waals surface area (Å²) in [5.41, 5.74) is 3.70. The van der Waals surface area contributed by atoms with Crippen LogP contribution in [0.3, 0.4) is 0 Å². The molecule has 1 unspecified atom stereocenters. The molecule has 2 fully saturated rings. The smallest absolute Gasteiger partial charge is 0.271 e. The largest absolute Gasteiger partial charge is 0.390 e. The lowest BCUT2D eigenvalue weighted by Gasteiger charge is -2.37. The minimum absolute atomic E-state index is 0.201. The summed E-state index contributed by atoms with van der Waals surface area (Å²) in [6, 6.07) is 6.48. The number of aryl methyl sites for hydroxylation is 1. The Morgan fingerprint density at radius 1 is 1.18 bits per heavy atom. The zero-order chi connectivity index (χ0) is 23.5. The number of rotatable bonds is 7. The minimum Gasteiger partial charge on any atom is -0.390 e. The second-order valence-corrected chi connectivity index (χ2v) is 9.84. The highest BCUT2D eigenvalue weighted by atomic mass is 35.5. The van der Waals surface area contributed by atoms with Crippen molar-refractivity contribution in [1.29, 1.82) is 0 Å². The predicted octanol–water partition coefficient (Wildman–Crippen LogP) is 3.49. The Kier molecular flexibility index (Phi) is 7.62. The van der Waals surface area contributed by atoms with Crippen molar-refractivity contribution in [2.45, 2.75) is 58.6 Å². The summed E-state index contributed by atoms with van der Waals surface area (Å²) in [6.45, 7) is 10.3. The van der Waals surface area contributed by atoms with Gasteiger partial charge in [-0.05, 0) is 51.3 Å². The molecule has 4 rings (SSSR count). The van der Waals surface area contributed by atoms with Crippen LogP contribution in [0.5, 0.6) is 0 Å². The first-order valence-corrected chi connectivity index (χ1v) is 12.5. The number of carbonyl (C=O) groups is 1. The number of nitrogens with zero attached hydrogens (tertiary/aromatic N) is 4. The van der Waals surface area contributed by atoms with E-state index in [0.717, 1.165) is 61.1 Å². The van der Waals surface area contributed by atoms with Crippen LogP contribution >= 0.6 is 11.6 Å². The van der Waals surface area contributed by atoms with Crippen LogP contribution < -0.4 is 10.2 Å². The highest BCUT2D eigenvalue weighted by Crippen LogP contribution is 2.32. The zero-order valence-corrected chi connectivity index (χ0v) is 20.7. The fourth-order valence-electron chi connectivity index (χ4n) is 5.34. The first-order chi connectivity index (χ1) is 15.8. The van der Waals surface area contributed by atoms with Crippen LogP contribution in [0.2, 0.25) is 5.02 Å². The molecule has 1 atom stereocenters. The van der Waals surface area contributed by atoms with Gasteiger partial charge in [-0.25, -0.2) is 4.98 Å². The number of aliphatic hydroxyl groups excluding tert-OH is 1. The number of anilines is 1. The molecule has 0 radical (unpaired) electrons. The third kappa shape index (κ3) is 5.36. The van der Waals surface area contributed by atoms with Crippen LogP contribution in [0, 0.1) is 20.8 Å². The number of hydrogen-bond acceptors (Lipinski definition) is 5. The van der Waals surface area contributed by atoms with Crippen molar-refractivity contribution < 1.29 is 9.90 Å². The van der Waals surface area contributed by atoms with Gasteiger partial charge in [0.25, 0.3) is 5.91 Å². The van der Waals surface area contributed by atoms with Crippen molar-refractivity contribution in [3.05, 3.63) is 46.0 Å². The molecule has 1 aromatic carbocycles. The molecule has 2 N–H and O–H groups in total. The Hall–Kier alpha value is -2.09. The number of hydrogen-bond donors (Lipinski definition) is 2. The van der Waals surface area contributed by atoms with Gasteiger partial charge in [-0.2, -0.15) is 0 Å². The number of aliphatic hydroxyl groups is 1. The Balaban J connectivity index is 1.25. The summed E-state index contributed by atoms with van der Waals surface area (Å²) in [6.07, 6.45) is 4.17. The molecular formula is C25H36ClN5O2. The van der Waals surface area contributed by atoms with Gasteiger partial charge in [0, 0.05) is 61.7 Å². The van der Waals surface area contributed by atoms with Crippen molar-refractivity contribution in [3.8, 4) is 0 Å². The average Bonchev–Trinajstić information content (AvgIpc) is 3.42. The van der Waals surface area contributed by atoms with Gasteiger partial charge in [0.1, 0.15) is 11.5 Å². The van der Waals surface area contributed by atoms with Gasteiger partial charge in [0.05, 0.1) is 6.10 Å². The standard InChI is InChI=1S/C25H36ClN5O2/c1-17-22(26)9-6-10-23(17)30-13-11-29(12-14-30)16-21(32)15-27-25(33)24-18(2)31(19(3)28-24)20-7-4-5-8-20/h6,9-10,20-21,32H,4-5,7-8,11-16H2,1-3H3,(H,27,33). The van der Waals surface area contributed by atoms with Crippen LogP contribution in [-0.4, -0.2) is 70.8 Å². The molecular weight excluding hydrogens is 438 g/mol. The number of β-amino-alcohol motifs (C(OH)–C–C–N with tert-alkyl or cyclic N) is 1. The van der Waals surface area contributed by atoms with Gasteiger partial charge in [0.15, 0.2) is 0 Å². The van der Waals surface area contributed by atoms with Gasteiger partial charge in [0.2, 0.25) is 0 Å². The van der Waals surface area contributed by atoms with Gasteiger partial charge < -0.3 is 19.9 Å². The van der Waals surface area contributed by atoms with Crippen molar-refractivity contribution in [1.82, 2.24) is 19.8 Å². The van der Waals surface area contributed by atoms with Gasteiger partial charge in [-0.3, -0.25) is 9.69 Å². The molecule has 1 saturated heterocycles. The lowest BCUT2D eigenvalue weighted by Crippen LogP contribution is -2.50. The van der Waals surface area contributed by atoms with Crippen molar-refractivity contribution in [2.75, 3.05) is 44.2 Å². The first-order valence-electron chi connectivity index (χ1n) is 12.1. The van der Waals surface area contributed by atoms with E-state index in [4.69, 9.17) is 11.6 Å². The summed E-state index contributed by atoms with van der Waals surface area (Å²) in [7, 11) is 0. The second-order valence-electron chi connectivity index (χ2n) is 9.44. The third-order valence-electron chi connectivity index (χ3n) is 7.15. The average molecular weight is 474 g/mol. The summed E-state index contributed by atoms with van der Waals surface area (Å²) in [4.78, 5) is 21.9. The molecule has 0 bridgehead atoms. The normalized spacial score (nSPS) is 18.6.